The van der Waals surface area contributed by atoms with E-state index in [1.54, 1.807) is 19.9 Å². The summed E-state index contributed by atoms with van der Waals surface area (Å²) in [6.07, 6.45) is 1.32. The van der Waals surface area contributed by atoms with Crippen LogP contribution in [0.3, 0.4) is 0 Å². The van der Waals surface area contributed by atoms with Gasteiger partial charge in [-0.05, 0) is 19.4 Å². The average Bonchev–Trinajstić information content (AvgIpc) is 2.23. The normalized spacial score (nSPS) is 15.2. The lowest BCUT2D eigenvalue weighted by atomic mass is 10.0. The van der Waals surface area contributed by atoms with Gasteiger partial charge in [0.15, 0.2) is 0 Å². The fourth-order valence-electron chi connectivity index (χ4n) is 1.09. The van der Waals surface area contributed by atoms with Gasteiger partial charge in [0.05, 0.1) is 6.10 Å². The average molecular weight is 259 g/mol. The predicted octanol–water partition coefficient (Wildman–Crippen LogP) is 1.35. The first-order chi connectivity index (χ1) is 7.84. The van der Waals surface area contributed by atoms with Crippen LogP contribution in [0.25, 0.3) is 0 Å². The minimum Gasteiger partial charge on any atom is -0.393 e. The summed E-state index contributed by atoms with van der Waals surface area (Å²) in [5, 5.41) is 11.9. The van der Waals surface area contributed by atoms with Gasteiger partial charge in [-0.25, -0.2) is 0 Å². The topological polar surface area (TPSA) is 66.4 Å². The van der Waals surface area contributed by atoms with Gasteiger partial charge in [-0.2, -0.15) is 0 Å². The fraction of sp³-hybridized carbons (Fsp3) is 0.667. The van der Waals surface area contributed by atoms with E-state index in [1.165, 1.54) is 18.7 Å². The van der Waals surface area contributed by atoms with Crippen molar-refractivity contribution in [1.29, 1.82) is 0 Å². The van der Waals surface area contributed by atoms with E-state index in [2.05, 4.69) is 5.32 Å². The molecule has 0 bridgehead atoms. The lowest BCUT2D eigenvalue weighted by Crippen LogP contribution is -2.22. The van der Waals surface area contributed by atoms with Crippen LogP contribution in [-0.4, -0.2) is 34.5 Å². The largest absolute Gasteiger partial charge is 0.393 e. The number of rotatable bonds is 6. The molecule has 0 saturated heterocycles. The van der Waals surface area contributed by atoms with Gasteiger partial charge in [-0.3, -0.25) is 9.59 Å². The Morgan fingerprint density at radius 1 is 1.35 bits per heavy atom. The molecule has 0 aromatic heterocycles. The second-order valence-corrected chi connectivity index (χ2v) is 5.14. The van der Waals surface area contributed by atoms with Crippen LogP contribution in [0.5, 0.6) is 0 Å². The maximum atomic E-state index is 11.6. The smallest absolute Gasteiger partial charge is 0.216 e. The Morgan fingerprint density at radius 2 is 1.94 bits per heavy atom. The summed E-state index contributed by atoms with van der Waals surface area (Å²) in [5.41, 5.74) is 0.645. The molecule has 0 unspecified atom stereocenters. The molecule has 0 heterocycles. The number of thioether (sulfide) groups is 1. The van der Waals surface area contributed by atoms with Crippen LogP contribution < -0.4 is 5.32 Å². The van der Waals surface area contributed by atoms with Gasteiger partial charge in [0, 0.05) is 25.1 Å². The molecule has 0 aliphatic heterocycles. The summed E-state index contributed by atoms with van der Waals surface area (Å²) >= 11 is 1.18. The molecular formula is C12H21NO3S. The number of aliphatic hydroxyl groups is 1. The molecular weight excluding hydrogens is 238 g/mol. The first-order valence-electron chi connectivity index (χ1n) is 5.62. The van der Waals surface area contributed by atoms with Gasteiger partial charge in [-0.15, -0.1) is 0 Å². The van der Waals surface area contributed by atoms with Crippen molar-refractivity contribution in [3.8, 4) is 0 Å². The molecule has 2 atom stereocenters. The highest BCUT2D eigenvalue weighted by Crippen LogP contribution is 2.14. The molecule has 98 valence electrons. The number of aliphatic hydroxyl groups excluding tert-OH is 1. The molecule has 4 nitrogen and oxygen atoms in total. The van der Waals surface area contributed by atoms with Crippen molar-refractivity contribution in [2.75, 3.05) is 12.3 Å². The van der Waals surface area contributed by atoms with Gasteiger partial charge in [0.25, 0.3) is 0 Å². The molecule has 0 saturated carbocycles. The lowest BCUT2D eigenvalue weighted by Gasteiger charge is -2.10. The van der Waals surface area contributed by atoms with E-state index in [9.17, 15) is 14.7 Å². The first-order valence-corrected chi connectivity index (χ1v) is 6.61. The van der Waals surface area contributed by atoms with Crippen molar-refractivity contribution >= 4 is 22.8 Å². The molecule has 0 radical (unpaired) electrons. The van der Waals surface area contributed by atoms with Gasteiger partial charge in [0.1, 0.15) is 0 Å². The van der Waals surface area contributed by atoms with E-state index >= 15 is 0 Å². The van der Waals surface area contributed by atoms with Gasteiger partial charge >= 0.3 is 0 Å². The highest BCUT2D eigenvalue weighted by molar-refractivity contribution is 8.14. The van der Waals surface area contributed by atoms with E-state index in [0.29, 0.717) is 17.9 Å². The van der Waals surface area contributed by atoms with Crippen molar-refractivity contribution in [2.45, 2.75) is 33.8 Å². The van der Waals surface area contributed by atoms with Crippen molar-refractivity contribution < 1.29 is 14.7 Å². The standard InChI is InChI=1S/C12H21NO3S/c1-8(10(3)14)7-9(2)12(16)17-6-5-13-11(4)15/h7-8,10,14H,5-6H2,1-4H3,(H,13,15)/b9-7+/t8-,10+/m0/s1. The maximum absolute atomic E-state index is 11.6. The van der Waals surface area contributed by atoms with Crippen molar-refractivity contribution in [3.63, 3.8) is 0 Å². The van der Waals surface area contributed by atoms with Gasteiger partial charge in [-0.1, -0.05) is 24.8 Å². The van der Waals surface area contributed by atoms with E-state index < -0.39 is 6.10 Å². The van der Waals surface area contributed by atoms with E-state index in [-0.39, 0.29) is 16.9 Å². The second-order valence-electron chi connectivity index (χ2n) is 4.07. The van der Waals surface area contributed by atoms with Gasteiger partial charge < -0.3 is 10.4 Å². The zero-order valence-corrected chi connectivity index (χ0v) is 11.6. The van der Waals surface area contributed by atoms with Gasteiger partial charge in [0.2, 0.25) is 11.0 Å². The Hall–Kier alpha value is -0.810. The molecule has 17 heavy (non-hydrogen) atoms. The van der Waals surface area contributed by atoms with Crippen LogP contribution in [0.1, 0.15) is 27.7 Å². The summed E-state index contributed by atoms with van der Waals surface area (Å²) in [6.45, 7) is 7.24. The molecule has 2 N–H and O–H groups in total. The molecule has 5 heteroatoms. The fourth-order valence-corrected chi connectivity index (χ4v) is 1.77. The van der Waals surface area contributed by atoms with E-state index in [4.69, 9.17) is 0 Å². The van der Waals surface area contributed by atoms with Crippen LogP contribution >= 0.6 is 11.8 Å². The van der Waals surface area contributed by atoms with Crippen LogP contribution in [0.4, 0.5) is 0 Å². The minimum atomic E-state index is -0.456. The number of amides is 1. The van der Waals surface area contributed by atoms with Crippen molar-refractivity contribution in [1.82, 2.24) is 5.32 Å². The Balaban J connectivity index is 4.01. The third-order valence-corrected chi connectivity index (χ3v) is 3.30. The van der Waals surface area contributed by atoms with Crippen LogP contribution in [-0.2, 0) is 9.59 Å². The highest BCUT2D eigenvalue weighted by atomic mass is 32.2. The summed E-state index contributed by atoms with van der Waals surface area (Å²) in [4.78, 5) is 22.2. The van der Waals surface area contributed by atoms with Crippen LogP contribution in [0, 0.1) is 5.92 Å². The second kappa shape index (κ2) is 8.31. The molecule has 0 spiro atoms. The Bertz CT molecular complexity index is 300. The Labute approximate surface area is 107 Å². The monoisotopic (exact) mass is 259 g/mol. The molecule has 0 fully saturated rings. The Morgan fingerprint density at radius 3 is 2.41 bits per heavy atom. The van der Waals surface area contributed by atoms with Crippen LogP contribution in [0.2, 0.25) is 0 Å². The van der Waals surface area contributed by atoms with E-state index in [0.717, 1.165) is 0 Å². The molecule has 1 amide bonds. The Kier molecular flexibility index (Phi) is 7.91. The SMILES string of the molecule is CC(=O)NCCSC(=O)/C(C)=C/[C@H](C)[C@@H](C)O. The zero-order valence-electron chi connectivity index (χ0n) is 10.8. The summed E-state index contributed by atoms with van der Waals surface area (Å²) in [7, 11) is 0. The third-order valence-electron chi connectivity index (χ3n) is 2.30. The zero-order chi connectivity index (χ0) is 13.4. The minimum absolute atomic E-state index is 0.0112. The lowest BCUT2D eigenvalue weighted by molar-refractivity contribution is -0.118. The number of carbonyl (C=O) groups is 2. The molecule has 0 aliphatic carbocycles. The van der Waals surface area contributed by atoms with Crippen molar-refractivity contribution in [2.24, 2.45) is 5.92 Å². The third kappa shape index (κ3) is 7.99. The highest BCUT2D eigenvalue weighted by Gasteiger charge is 2.10. The van der Waals surface area contributed by atoms with E-state index in [1.807, 2.05) is 6.92 Å². The quantitative estimate of drug-likeness (QED) is 0.558. The molecule has 0 rings (SSSR count). The number of carbonyl (C=O) groups excluding carboxylic acids is 2. The molecule has 0 aliphatic rings. The molecule has 0 aromatic rings. The molecule has 0 aromatic carbocycles. The van der Waals surface area contributed by atoms with Crippen LogP contribution in [0.15, 0.2) is 11.6 Å². The van der Waals surface area contributed by atoms with Crippen molar-refractivity contribution in [3.05, 3.63) is 11.6 Å². The first kappa shape index (κ1) is 16.2. The summed E-state index contributed by atoms with van der Waals surface area (Å²) in [5.74, 6) is 0.440. The summed E-state index contributed by atoms with van der Waals surface area (Å²) in [6, 6.07) is 0. The number of hydrogen-bond donors (Lipinski definition) is 2. The summed E-state index contributed by atoms with van der Waals surface area (Å²) < 4.78 is 0. The number of hydrogen-bond acceptors (Lipinski definition) is 4. The maximum Gasteiger partial charge on any atom is 0.216 e. The predicted molar refractivity (Wildman–Crippen MR) is 70.8 cm³/mol. The number of nitrogens with one attached hydrogen (secondary N) is 1.